The Morgan fingerprint density at radius 3 is 2.47 bits per heavy atom. The molecule has 8 heteroatoms. The highest BCUT2D eigenvalue weighted by molar-refractivity contribution is 9.10. The van der Waals surface area contributed by atoms with E-state index in [1.165, 1.54) is 18.2 Å². The van der Waals surface area contributed by atoms with Gasteiger partial charge in [0.2, 0.25) is 0 Å². The van der Waals surface area contributed by atoms with Crippen LogP contribution in [0.1, 0.15) is 70.2 Å². The molecule has 0 unspecified atom stereocenters. The van der Waals surface area contributed by atoms with E-state index in [1.54, 1.807) is 27.7 Å². The molecule has 6 nitrogen and oxygen atoms in total. The van der Waals surface area contributed by atoms with Gasteiger partial charge >= 0.3 is 6.09 Å². The summed E-state index contributed by atoms with van der Waals surface area (Å²) < 4.78 is 19.1. The third kappa shape index (κ3) is 5.79. The van der Waals surface area contributed by atoms with Gasteiger partial charge in [0.25, 0.3) is 0 Å². The predicted molar refractivity (Wildman–Crippen MR) is 113 cm³/mol. The Morgan fingerprint density at radius 2 is 1.93 bits per heavy atom. The summed E-state index contributed by atoms with van der Waals surface area (Å²) in [4.78, 5) is 24.9. The molecule has 0 aliphatic heterocycles. The summed E-state index contributed by atoms with van der Waals surface area (Å²) in [5.74, 6) is -1.13. The van der Waals surface area contributed by atoms with Gasteiger partial charge in [0, 0.05) is 11.6 Å². The van der Waals surface area contributed by atoms with Crippen molar-refractivity contribution in [3.8, 4) is 6.07 Å². The zero-order valence-electron chi connectivity index (χ0n) is 17.7. The van der Waals surface area contributed by atoms with Crippen LogP contribution >= 0.6 is 15.9 Å². The normalized spacial score (nSPS) is 25.1. The molecule has 164 valence electrons. The van der Waals surface area contributed by atoms with Crippen LogP contribution in [0.5, 0.6) is 0 Å². The van der Waals surface area contributed by atoms with E-state index in [9.17, 15) is 24.3 Å². The minimum Gasteiger partial charge on any atom is -0.444 e. The number of rotatable bonds is 5. The molecule has 0 saturated heterocycles. The first kappa shape index (κ1) is 24.3. The summed E-state index contributed by atoms with van der Waals surface area (Å²) in [5.41, 5.74) is -2.97. The van der Waals surface area contributed by atoms with Crippen molar-refractivity contribution in [3.63, 3.8) is 0 Å². The van der Waals surface area contributed by atoms with E-state index in [4.69, 9.17) is 4.74 Å². The molecule has 1 aliphatic carbocycles. The lowest BCUT2D eigenvalue weighted by molar-refractivity contribution is -0.00919. The molecular weight excluding hydrogens is 455 g/mol. The summed E-state index contributed by atoms with van der Waals surface area (Å²) in [6.45, 7) is 7.09. The molecule has 1 aliphatic rings. The lowest BCUT2D eigenvalue weighted by atomic mass is 9.65. The van der Waals surface area contributed by atoms with Crippen LogP contribution in [-0.2, 0) is 4.74 Å². The zero-order valence-corrected chi connectivity index (χ0v) is 19.3. The number of hydrogen-bond donors (Lipinski definition) is 2. The minimum atomic E-state index is -1.65. The highest BCUT2D eigenvalue weighted by Gasteiger charge is 2.47. The molecule has 0 spiro atoms. The highest BCUT2D eigenvalue weighted by Crippen LogP contribution is 2.45. The number of benzene rings is 1. The van der Waals surface area contributed by atoms with Crippen molar-refractivity contribution < 1.29 is 23.8 Å². The monoisotopic (exact) mass is 482 g/mol. The van der Waals surface area contributed by atoms with E-state index in [1.807, 2.05) is 0 Å². The molecule has 1 fully saturated rings. The third-order valence-electron chi connectivity index (χ3n) is 5.35. The van der Waals surface area contributed by atoms with Crippen molar-refractivity contribution in [1.29, 1.82) is 5.26 Å². The average Bonchev–Trinajstić information content (AvgIpc) is 2.64. The number of nitrogens with one attached hydrogen (secondary N) is 1. The smallest absolute Gasteiger partial charge is 0.407 e. The van der Waals surface area contributed by atoms with E-state index in [0.717, 1.165) is 0 Å². The number of ketones is 1. The number of hydrogen-bond acceptors (Lipinski definition) is 5. The van der Waals surface area contributed by atoms with Crippen LogP contribution in [0.25, 0.3) is 0 Å². The number of nitrogens with zero attached hydrogens (tertiary/aromatic N) is 1. The number of nitriles is 1. The maximum atomic E-state index is 13.8. The quantitative estimate of drug-likeness (QED) is 0.581. The summed E-state index contributed by atoms with van der Waals surface area (Å²) in [6.07, 6.45) is 0.569. The molecule has 1 amide bonds. The molecule has 1 saturated carbocycles. The van der Waals surface area contributed by atoms with Crippen molar-refractivity contribution in [1.82, 2.24) is 5.32 Å². The molecule has 1 aromatic carbocycles. The van der Waals surface area contributed by atoms with Crippen molar-refractivity contribution in [2.45, 2.75) is 77.0 Å². The molecule has 2 rings (SSSR count). The van der Waals surface area contributed by atoms with Gasteiger partial charge in [-0.25, -0.2) is 9.18 Å². The topological polar surface area (TPSA) is 99.4 Å². The number of halogens is 2. The summed E-state index contributed by atoms with van der Waals surface area (Å²) in [5, 5.41) is 23.5. The molecular formula is C22H28BrFN2O4. The van der Waals surface area contributed by atoms with Crippen LogP contribution in [0.15, 0.2) is 22.7 Å². The SMILES string of the molecule is C[C@@H](CC1(C#N)CCC(O)(C(=O)c2cccc(F)c2Br)CC1)NC(=O)OC(C)(C)C. The Bertz CT molecular complexity index is 852. The fraction of sp³-hybridized carbons (Fsp3) is 0.591. The van der Waals surface area contributed by atoms with Gasteiger partial charge in [-0.05, 0) is 87.9 Å². The molecule has 0 bridgehead atoms. The largest absolute Gasteiger partial charge is 0.444 e. The lowest BCUT2D eigenvalue weighted by Gasteiger charge is -2.40. The van der Waals surface area contributed by atoms with E-state index in [-0.39, 0.29) is 28.9 Å². The first-order valence-electron chi connectivity index (χ1n) is 9.93. The van der Waals surface area contributed by atoms with Gasteiger partial charge in [-0.2, -0.15) is 5.26 Å². The van der Waals surface area contributed by atoms with Gasteiger partial charge in [0.1, 0.15) is 17.0 Å². The maximum absolute atomic E-state index is 13.8. The van der Waals surface area contributed by atoms with E-state index < -0.39 is 34.3 Å². The van der Waals surface area contributed by atoms with Crippen LogP contribution in [-0.4, -0.2) is 34.2 Å². The van der Waals surface area contributed by atoms with E-state index in [2.05, 4.69) is 27.3 Å². The van der Waals surface area contributed by atoms with Gasteiger partial charge in [0.05, 0.1) is 16.0 Å². The fourth-order valence-corrected chi connectivity index (χ4v) is 4.25. The average molecular weight is 483 g/mol. The van der Waals surface area contributed by atoms with Crippen LogP contribution in [0.3, 0.4) is 0 Å². The maximum Gasteiger partial charge on any atom is 0.407 e. The van der Waals surface area contributed by atoms with Crippen molar-refractivity contribution >= 4 is 27.8 Å². The number of ether oxygens (including phenoxy) is 1. The van der Waals surface area contributed by atoms with Crippen molar-refractivity contribution in [2.24, 2.45) is 5.41 Å². The van der Waals surface area contributed by atoms with Gasteiger partial charge in [0.15, 0.2) is 5.78 Å². The second kappa shape index (κ2) is 9.03. The second-order valence-corrected chi connectivity index (χ2v) is 9.90. The molecule has 30 heavy (non-hydrogen) atoms. The first-order valence-corrected chi connectivity index (χ1v) is 10.7. The Balaban J connectivity index is 2.05. The molecule has 0 radical (unpaired) electrons. The Hall–Kier alpha value is -1.98. The molecule has 1 atom stereocenters. The Kier molecular flexibility index (Phi) is 7.31. The number of carbonyl (C=O) groups excluding carboxylic acids is 2. The Labute approximate surface area is 184 Å². The molecule has 1 aromatic rings. The standard InChI is InChI=1S/C22H28BrFN2O4/c1-14(26-19(28)30-20(2,3)4)12-21(13-25)8-10-22(29,11-9-21)18(27)15-6-5-7-16(24)17(15)23/h5-7,14,29H,8-12H2,1-4H3,(H,26,28)/t14-,21?,22?/m0/s1. The lowest BCUT2D eigenvalue weighted by Crippen LogP contribution is -2.47. The number of carbonyl (C=O) groups is 2. The minimum absolute atomic E-state index is 0.0238. The van der Waals surface area contributed by atoms with E-state index >= 15 is 0 Å². The number of alkyl carbamates (subject to hydrolysis) is 1. The van der Waals surface area contributed by atoms with Crippen molar-refractivity contribution in [3.05, 3.63) is 34.1 Å². The second-order valence-electron chi connectivity index (χ2n) is 9.11. The third-order valence-corrected chi connectivity index (χ3v) is 6.16. The summed E-state index contributed by atoms with van der Waals surface area (Å²) in [7, 11) is 0. The summed E-state index contributed by atoms with van der Waals surface area (Å²) in [6, 6.07) is 6.11. The van der Waals surface area contributed by atoms with Gasteiger partial charge < -0.3 is 15.2 Å². The highest BCUT2D eigenvalue weighted by atomic mass is 79.9. The van der Waals surface area contributed by atoms with Gasteiger partial charge in [-0.3, -0.25) is 4.79 Å². The van der Waals surface area contributed by atoms with Crippen molar-refractivity contribution in [2.75, 3.05) is 0 Å². The van der Waals surface area contributed by atoms with Crippen LogP contribution in [0, 0.1) is 22.6 Å². The fourth-order valence-electron chi connectivity index (χ4n) is 3.81. The van der Waals surface area contributed by atoms with Crippen LogP contribution in [0.2, 0.25) is 0 Å². The number of amides is 1. The van der Waals surface area contributed by atoms with E-state index in [0.29, 0.717) is 19.3 Å². The predicted octanol–water partition coefficient (Wildman–Crippen LogP) is 4.89. The molecule has 2 N–H and O–H groups in total. The first-order chi connectivity index (χ1) is 13.8. The number of aliphatic hydroxyl groups is 1. The van der Waals surface area contributed by atoms with Gasteiger partial charge in [-0.1, -0.05) is 6.07 Å². The van der Waals surface area contributed by atoms with Gasteiger partial charge in [-0.15, -0.1) is 0 Å². The Morgan fingerprint density at radius 1 is 1.33 bits per heavy atom. The van der Waals surface area contributed by atoms with Crippen LogP contribution < -0.4 is 5.32 Å². The summed E-state index contributed by atoms with van der Waals surface area (Å²) >= 11 is 3.07. The molecule has 0 aromatic heterocycles. The molecule has 0 heterocycles. The number of Topliss-reactive ketones (excluding diaryl/α,β-unsaturated/α-hetero) is 1. The van der Waals surface area contributed by atoms with Crippen LogP contribution in [0.4, 0.5) is 9.18 Å². The zero-order chi connectivity index (χ0) is 22.7.